The molecule has 0 N–H and O–H groups in total. The van der Waals surface area contributed by atoms with Crippen LogP contribution in [0.3, 0.4) is 0 Å². The zero-order chi connectivity index (χ0) is 16.4. The molecule has 0 aromatic carbocycles. The molecular weight excluding hydrogens is 422 g/mol. The molecule has 2 aromatic heterocycles. The number of fused-ring (bicyclic) bond motifs is 1. The van der Waals surface area contributed by atoms with Gasteiger partial charge in [-0.1, -0.05) is 0 Å². The van der Waals surface area contributed by atoms with Crippen molar-refractivity contribution in [1.82, 2.24) is 8.96 Å². The van der Waals surface area contributed by atoms with Gasteiger partial charge in [0, 0.05) is 53.5 Å². The quantitative estimate of drug-likeness (QED) is 0.531. The SMILES string of the molecule is CC1(C)OB(c2cc(C3CC3)nc3c2ccn3SI)OC1(C)C. The van der Waals surface area contributed by atoms with E-state index >= 15 is 0 Å². The summed E-state index contributed by atoms with van der Waals surface area (Å²) in [6.45, 7) is 8.39. The summed E-state index contributed by atoms with van der Waals surface area (Å²) in [5.74, 6) is 0.600. The van der Waals surface area contributed by atoms with Crippen LogP contribution in [-0.4, -0.2) is 27.3 Å². The van der Waals surface area contributed by atoms with E-state index in [1.807, 2.05) is 0 Å². The molecule has 0 amide bonds. The standard InChI is InChI=1S/C16H20BIN2O2S/c1-15(2)16(3,4)22-17(21-15)12-9-13(10-5-6-10)19-14-11(12)7-8-20(14)23-18/h7-10H,5-6H2,1-4H3. The molecule has 0 atom stereocenters. The second kappa shape index (κ2) is 5.38. The van der Waals surface area contributed by atoms with Gasteiger partial charge in [0.2, 0.25) is 0 Å². The second-order valence-corrected chi connectivity index (χ2v) is 9.16. The van der Waals surface area contributed by atoms with Crippen molar-refractivity contribution in [2.45, 2.75) is 57.7 Å². The molecule has 23 heavy (non-hydrogen) atoms. The van der Waals surface area contributed by atoms with Crippen LogP contribution in [0.15, 0.2) is 18.3 Å². The highest BCUT2D eigenvalue weighted by molar-refractivity contribution is 14.2. The molecule has 7 heteroatoms. The van der Waals surface area contributed by atoms with Crippen LogP contribution in [-0.2, 0) is 9.31 Å². The van der Waals surface area contributed by atoms with Gasteiger partial charge in [-0.05, 0) is 58.1 Å². The van der Waals surface area contributed by atoms with Gasteiger partial charge in [-0.3, -0.25) is 3.97 Å². The highest BCUT2D eigenvalue weighted by Crippen LogP contribution is 2.41. The minimum Gasteiger partial charge on any atom is -0.399 e. The molecule has 4 rings (SSSR count). The van der Waals surface area contributed by atoms with E-state index in [1.54, 1.807) is 9.12 Å². The van der Waals surface area contributed by atoms with Crippen LogP contribution < -0.4 is 5.46 Å². The lowest BCUT2D eigenvalue weighted by molar-refractivity contribution is 0.00578. The highest BCUT2D eigenvalue weighted by atomic mass is 127. The number of pyridine rings is 1. The number of hydrogen-bond donors (Lipinski definition) is 0. The van der Waals surface area contributed by atoms with Crippen LogP contribution in [0.4, 0.5) is 0 Å². The molecule has 122 valence electrons. The summed E-state index contributed by atoms with van der Waals surface area (Å²) in [6.07, 6.45) is 4.54. The maximum Gasteiger partial charge on any atom is 0.495 e. The summed E-state index contributed by atoms with van der Waals surface area (Å²) in [5.41, 5.74) is 2.65. The van der Waals surface area contributed by atoms with Crippen LogP contribution in [0.2, 0.25) is 0 Å². The minimum atomic E-state index is -0.335. The zero-order valence-electron chi connectivity index (χ0n) is 13.8. The molecule has 0 bridgehead atoms. The summed E-state index contributed by atoms with van der Waals surface area (Å²) in [5, 5.41) is 1.12. The smallest absolute Gasteiger partial charge is 0.399 e. The normalized spacial score (nSPS) is 22.9. The molecule has 1 saturated heterocycles. The second-order valence-electron chi connectivity index (χ2n) is 7.45. The van der Waals surface area contributed by atoms with Crippen molar-refractivity contribution < 1.29 is 9.31 Å². The summed E-state index contributed by atoms with van der Waals surface area (Å²) in [6, 6.07) is 4.31. The van der Waals surface area contributed by atoms with Gasteiger partial charge in [0.15, 0.2) is 0 Å². The van der Waals surface area contributed by atoms with Crippen LogP contribution in [0, 0.1) is 0 Å². The van der Waals surface area contributed by atoms with Gasteiger partial charge < -0.3 is 9.31 Å². The number of hydrogen-bond acceptors (Lipinski definition) is 4. The third-order valence-corrected chi connectivity index (χ3v) is 6.97. The van der Waals surface area contributed by atoms with Gasteiger partial charge >= 0.3 is 7.12 Å². The Bertz CT molecular complexity index is 757. The van der Waals surface area contributed by atoms with E-state index in [1.165, 1.54) is 18.5 Å². The first kappa shape index (κ1) is 16.2. The van der Waals surface area contributed by atoms with Crippen molar-refractivity contribution in [1.29, 1.82) is 0 Å². The predicted molar refractivity (Wildman–Crippen MR) is 104 cm³/mol. The van der Waals surface area contributed by atoms with Crippen molar-refractivity contribution in [3.05, 3.63) is 24.0 Å². The molecule has 2 aliphatic rings. The third-order valence-electron chi connectivity index (χ3n) is 5.25. The van der Waals surface area contributed by atoms with E-state index in [0.717, 1.165) is 16.5 Å². The van der Waals surface area contributed by atoms with Crippen molar-refractivity contribution in [2.75, 3.05) is 0 Å². The number of nitrogens with zero attached hydrogens (tertiary/aromatic N) is 2. The number of halogens is 1. The van der Waals surface area contributed by atoms with E-state index in [2.05, 4.69) is 71.2 Å². The maximum atomic E-state index is 6.29. The average Bonchev–Trinajstić information content (AvgIpc) is 3.20. The molecule has 1 saturated carbocycles. The molecule has 3 heterocycles. The Balaban J connectivity index is 1.85. The molecular formula is C16H20BIN2O2S. The molecule has 2 fully saturated rings. The van der Waals surface area contributed by atoms with E-state index in [9.17, 15) is 0 Å². The third kappa shape index (κ3) is 2.64. The number of rotatable bonds is 3. The highest BCUT2D eigenvalue weighted by Gasteiger charge is 2.52. The van der Waals surface area contributed by atoms with Gasteiger partial charge in [-0.25, -0.2) is 4.98 Å². The van der Waals surface area contributed by atoms with Crippen LogP contribution in [0.5, 0.6) is 0 Å². The predicted octanol–water partition coefficient (Wildman–Crippen LogP) is 4.06. The van der Waals surface area contributed by atoms with E-state index < -0.39 is 0 Å². The molecule has 1 aliphatic heterocycles. The molecule has 2 aromatic rings. The fourth-order valence-corrected chi connectivity index (χ4v) is 4.21. The Kier molecular flexibility index (Phi) is 3.79. The van der Waals surface area contributed by atoms with Gasteiger partial charge in [0.1, 0.15) is 5.65 Å². The zero-order valence-corrected chi connectivity index (χ0v) is 16.8. The topological polar surface area (TPSA) is 36.3 Å². The van der Waals surface area contributed by atoms with Crippen LogP contribution in [0.25, 0.3) is 11.0 Å². The molecule has 0 unspecified atom stereocenters. The van der Waals surface area contributed by atoms with Crippen LogP contribution >= 0.6 is 30.3 Å². The van der Waals surface area contributed by atoms with E-state index in [-0.39, 0.29) is 18.3 Å². The molecule has 0 radical (unpaired) electrons. The van der Waals surface area contributed by atoms with Crippen LogP contribution in [0.1, 0.15) is 52.1 Å². The van der Waals surface area contributed by atoms with E-state index in [4.69, 9.17) is 14.3 Å². The average molecular weight is 442 g/mol. The Morgan fingerprint density at radius 3 is 2.48 bits per heavy atom. The van der Waals surface area contributed by atoms with Crippen molar-refractivity contribution in [3.8, 4) is 0 Å². The molecule has 4 nitrogen and oxygen atoms in total. The summed E-state index contributed by atoms with van der Waals surface area (Å²) in [7, 11) is 1.30. The van der Waals surface area contributed by atoms with Gasteiger partial charge in [0.05, 0.1) is 11.2 Å². The maximum absolute atomic E-state index is 6.29. The Hall–Kier alpha value is -0.245. The first-order chi connectivity index (χ1) is 10.8. The monoisotopic (exact) mass is 442 g/mol. The Labute approximate surface area is 153 Å². The lowest BCUT2D eigenvalue weighted by Crippen LogP contribution is -2.41. The Morgan fingerprint density at radius 1 is 1.26 bits per heavy atom. The van der Waals surface area contributed by atoms with E-state index in [0.29, 0.717) is 5.92 Å². The first-order valence-electron chi connectivity index (χ1n) is 7.99. The van der Waals surface area contributed by atoms with Crippen molar-refractivity contribution >= 4 is 53.9 Å². The molecule has 1 aliphatic carbocycles. The molecule has 0 spiro atoms. The summed E-state index contributed by atoms with van der Waals surface area (Å²) < 4.78 is 14.7. The largest absolute Gasteiger partial charge is 0.495 e. The summed E-state index contributed by atoms with van der Waals surface area (Å²) in [4.78, 5) is 4.90. The van der Waals surface area contributed by atoms with Crippen molar-refractivity contribution in [3.63, 3.8) is 0 Å². The van der Waals surface area contributed by atoms with Gasteiger partial charge in [-0.15, -0.1) is 0 Å². The van der Waals surface area contributed by atoms with Gasteiger partial charge in [0.25, 0.3) is 0 Å². The minimum absolute atomic E-state index is 0.326. The first-order valence-corrected chi connectivity index (χ1v) is 11.3. The lowest BCUT2D eigenvalue weighted by atomic mass is 9.77. The fourth-order valence-electron chi connectivity index (χ4n) is 2.94. The summed E-state index contributed by atoms with van der Waals surface area (Å²) >= 11 is 2.29. The lowest BCUT2D eigenvalue weighted by Gasteiger charge is -2.32. The fraction of sp³-hybridized carbons (Fsp3) is 0.562. The van der Waals surface area contributed by atoms with Crippen molar-refractivity contribution in [2.24, 2.45) is 0 Å². The number of aromatic nitrogens is 2. The van der Waals surface area contributed by atoms with Gasteiger partial charge in [-0.2, -0.15) is 0 Å². The Morgan fingerprint density at radius 2 is 1.91 bits per heavy atom.